The van der Waals surface area contributed by atoms with E-state index in [1.165, 1.54) is 27.5 Å². The van der Waals surface area contributed by atoms with Crippen molar-refractivity contribution in [2.24, 2.45) is 10.9 Å². The Morgan fingerprint density at radius 2 is 1.28 bits per heavy atom. The van der Waals surface area contributed by atoms with Crippen LogP contribution in [0.3, 0.4) is 0 Å². The predicted octanol–water partition coefficient (Wildman–Crippen LogP) is 10.3. The van der Waals surface area contributed by atoms with Crippen LogP contribution in [0.1, 0.15) is 60.4 Å². The number of halogens is 2. The fourth-order valence-electron chi connectivity index (χ4n) is 10.3. The highest BCUT2D eigenvalue weighted by Gasteiger charge is 2.58. The van der Waals surface area contributed by atoms with E-state index in [-0.39, 0.29) is 21.3 Å². The van der Waals surface area contributed by atoms with Gasteiger partial charge in [-0.1, -0.05) is 115 Å². The summed E-state index contributed by atoms with van der Waals surface area (Å²) in [5.74, 6) is -0.0250. The summed E-state index contributed by atoms with van der Waals surface area (Å²) in [6, 6.07) is 45.3. The number of hydrogen-bond acceptors (Lipinski definition) is 4. The monoisotopic (exact) mass is 816 g/mol. The van der Waals surface area contributed by atoms with E-state index in [4.69, 9.17) is 9.98 Å². The molecule has 53 heavy (non-hydrogen) atoms. The number of nitrogens with zero attached hydrogens (tertiary/aromatic N) is 2. The Hall–Kier alpha value is -4.78. The Bertz CT molecular complexity index is 2830. The van der Waals surface area contributed by atoms with Gasteiger partial charge in [0, 0.05) is 40.5 Å². The van der Waals surface area contributed by atoms with Gasteiger partial charge >= 0.3 is 0 Å². The summed E-state index contributed by atoms with van der Waals surface area (Å²) in [4.78, 5) is 37.1. The van der Waals surface area contributed by atoms with E-state index in [1.807, 2.05) is 6.07 Å². The summed E-state index contributed by atoms with van der Waals surface area (Å²) in [5.41, 5.74) is 6.82. The number of fused-ring (bicyclic) bond motifs is 12. The fraction of sp³-hybridized carbons (Fsp3) is 0.191. The lowest BCUT2D eigenvalue weighted by molar-refractivity contribution is -0.111. The van der Waals surface area contributed by atoms with Crippen molar-refractivity contribution in [2.75, 3.05) is 0 Å². The topological polar surface area (TPSA) is 59.4 Å². The molecule has 0 bridgehead atoms. The van der Waals surface area contributed by atoms with E-state index in [0.717, 1.165) is 49.1 Å². The molecular formula is C47H34Br2N2O2. The number of carbonyl (C=O) groups excluding carboxylic acids is 2. The second-order valence-electron chi connectivity index (χ2n) is 15.0. The van der Waals surface area contributed by atoms with Crippen molar-refractivity contribution < 1.29 is 9.59 Å². The third kappa shape index (κ3) is 4.98. The van der Waals surface area contributed by atoms with Gasteiger partial charge in [0.2, 0.25) is 0 Å². The number of pyridine rings is 1. The van der Waals surface area contributed by atoms with Crippen LogP contribution >= 0.6 is 31.9 Å². The maximum Gasteiger partial charge on any atom is 0.197 e. The predicted molar refractivity (Wildman–Crippen MR) is 220 cm³/mol. The lowest BCUT2D eigenvalue weighted by atomic mass is 9.58. The standard InChI is InChI=1S/C47H34Br2N2O2/c48-40(52)21-23-46(34-19-17-28-9-1-5-13-32(28)42(34)44-36(46)25-30-11-3-7-15-38(30)50-44)27-47(24-22-41(49)53)35-20-18-29-10-2-6-14-33(29)43(35)45-37(47)26-31-12-4-8-16-39(31)51-45/h1-20,25-26,36,44H,21-24,27H2. The van der Waals surface area contributed by atoms with E-state index in [1.54, 1.807) is 0 Å². The molecule has 2 heterocycles. The molecule has 3 aliphatic rings. The molecule has 6 aromatic carbocycles. The molecular weight excluding hydrogens is 784 g/mol. The van der Waals surface area contributed by atoms with Crippen molar-refractivity contribution in [2.45, 2.75) is 49.0 Å². The molecule has 1 aliphatic heterocycles. The van der Waals surface area contributed by atoms with Crippen molar-refractivity contribution >= 4 is 79.8 Å². The number of benzene rings is 6. The van der Waals surface area contributed by atoms with Crippen molar-refractivity contribution in [3.8, 4) is 11.3 Å². The Morgan fingerprint density at radius 1 is 0.642 bits per heavy atom. The molecule has 6 heteroatoms. The zero-order chi connectivity index (χ0) is 35.9. The fourth-order valence-corrected chi connectivity index (χ4v) is 10.7. The first-order valence-corrected chi connectivity index (χ1v) is 19.9. The summed E-state index contributed by atoms with van der Waals surface area (Å²) in [5, 5.41) is 7.91. The average molecular weight is 819 g/mol. The SMILES string of the molecule is O=C(Br)CCC1(CC2(CCC(=O)Br)c3ccc4ccccc4c3C3N=c4ccccc4=CC32)c2cc3ccccc3nc2-c2c1ccc1ccccc21. The van der Waals surface area contributed by atoms with Gasteiger partial charge in [-0.05, 0) is 118 Å². The quantitative estimate of drug-likeness (QED) is 0.144. The van der Waals surface area contributed by atoms with Crippen LogP contribution in [0.15, 0.2) is 132 Å². The van der Waals surface area contributed by atoms with Crippen LogP contribution in [0.5, 0.6) is 0 Å². The van der Waals surface area contributed by atoms with Gasteiger partial charge in [0.15, 0.2) is 9.39 Å². The van der Waals surface area contributed by atoms with Crippen molar-refractivity contribution in [1.82, 2.24) is 4.98 Å². The first-order chi connectivity index (χ1) is 25.9. The maximum atomic E-state index is 13.1. The van der Waals surface area contributed by atoms with Gasteiger partial charge in [-0.25, -0.2) is 4.98 Å². The van der Waals surface area contributed by atoms with E-state index in [0.29, 0.717) is 32.1 Å². The smallest absolute Gasteiger partial charge is 0.197 e. The summed E-state index contributed by atoms with van der Waals surface area (Å²) in [6.07, 6.45) is 5.06. The van der Waals surface area contributed by atoms with E-state index < -0.39 is 10.8 Å². The molecule has 0 saturated carbocycles. The van der Waals surface area contributed by atoms with Crippen LogP contribution < -0.4 is 10.6 Å². The van der Waals surface area contributed by atoms with Gasteiger partial charge in [-0.3, -0.25) is 14.6 Å². The minimum absolute atomic E-state index is 0.00799. The Balaban J connectivity index is 1.32. The van der Waals surface area contributed by atoms with Crippen molar-refractivity contribution in [3.05, 3.63) is 160 Å². The highest BCUT2D eigenvalue weighted by molar-refractivity contribution is 9.18. The third-order valence-corrected chi connectivity index (χ3v) is 13.2. The molecule has 2 aliphatic carbocycles. The van der Waals surface area contributed by atoms with Gasteiger partial charge in [-0.2, -0.15) is 0 Å². The number of rotatable bonds is 8. The second-order valence-corrected chi connectivity index (χ2v) is 16.8. The highest BCUT2D eigenvalue weighted by Crippen LogP contribution is 2.65. The van der Waals surface area contributed by atoms with Crippen molar-refractivity contribution in [3.63, 3.8) is 0 Å². The first-order valence-electron chi connectivity index (χ1n) is 18.3. The summed E-state index contributed by atoms with van der Waals surface area (Å²) < 4.78 is -0.0266. The summed E-state index contributed by atoms with van der Waals surface area (Å²) >= 11 is 6.69. The van der Waals surface area contributed by atoms with Crippen LogP contribution in [0, 0.1) is 5.92 Å². The van der Waals surface area contributed by atoms with Crippen LogP contribution in [-0.2, 0) is 20.4 Å². The maximum absolute atomic E-state index is 13.1. The molecule has 0 N–H and O–H groups in total. The molecule has 0 fully saturated rings. The Morgan fingerprint density at radius 3 is 2.08 bits per heavy atom. The van der Waals surface area contributed by atoms with Crippen LogP contribution in [0.2, 0.25) is 0 Å². The normalized spacial score (nSPS) is 22.0. The minimum atomic E-state index is -0.604. The first kappa shape index (κ1) is 32.8. The zero-order valence-electron chi connectivity index (χ0n) is 28.9. The Labute approximate surface area is 323 Å². The molecule has 0 radical (unpaired) electrons. The molecule has 4 atom stereocenters. The number of para-hydroxylation sites is 2. The van der Waals surface area contributed by atoms with Crippen LogP contribution in [0.25, 0.3) is 49.8 Å². The van der Waals surface area contributed by atoms with Gasteiger partial charge in [0.25, 0.3) is 0 Å². The van der Waals surface area contributed by atoms with E-state index in [2.05, 4.69) is 159 Å². The second kappa shape index (κ2) is 12.4. The minimum Gasteiger partial charge on any atom is -0.287 e. The molecule has 4 unspecified atom stereocenters. The number of aromatic nitrogens is 1. The zero-order valence-corrected chi connectivity index (χ0v) is 32.0. The average Bonchev–Trinajstić information content (AvgIpc) is 3.60. The number of hydrogen-bond donors (Lipinski definition) is 0. The highest BCUT2D eigenvalue weighted by atomic mass is 79.9. The molecule has 10 rings (SSSR count). The number of carbonyl (C=O) groups is 2. The third-order valence-electron chi connectivity index (χ3n) is 12.4. The van der Waals surface area contributed by atoms with Crippen molar-refractivity contribution in [1.29, 1.82) is 0 Å². The Kier molecular flexibility index (Phi) is 7.68. The molecule has 7 aromatic rings. The molecule has 0 spiro atoms. The van der Waals surface area contributed by atoms with E-state index in [9.17, 15) is 9.59 Å². The van der Waals surface area contributed by atoms with E-state index >= 15 is 0 Å². The molecule has 4 nitrogen and oxygen atoms in total. The van der Waals surface area contributed by atoms with Gasteiger partial charge in [0.1, 0.15) is 0 Å². The van der Waals surface area contributed by atoms with Gasteiger partial charge in [-0.15, -0.1) is 0 Å². The molecule has 1 aromatic heterocycles. The van der Waals surface area contributed by atoms with Gasteiger partial charge < -0.3 is 0 Å². The lowest BCUT2D eigenvalue weighted by Crippen LogP contribution is -2.44. The lowest BCUT2D eigenvalue weighted by Gasteiger charge is -2.45. The van der Waals surface area contributed by atoms with Crippen LogP contribution in [-0.4, -0.2) is 14.4 Å². The largest absolute Gasteiger partial charge is 0.287 e. The molecule has 258 valence electrons. The summed E-state index contributed by atoms with van der Waals surface area (Å²) in [7, 11) is 0. The van der Waals surface area contributed by atoms with Crippen LogP contribution in [0.4, 0.5) is 0 Å². The summed E-state index contributed by atoms with van der Waals surface area (Å²) in [6.45, 7) is 0. The molecule has 0 amide bonds. The van der Waals surface area contributed by atoms with Gasteiger partial charge in [0.05, 0.1) is 22.6 Å². The molecule has 0 saturated heterocycles.